The van der Waals surface area contributed by atoms with Gasteiger partial charge in [0.05, 0.1) is 7.11 Å². The summed E-state index contributed by atoms with van der Waals surface area (Å²) in [5.41, 5.74) is 0. The molecule has 1 fully saturated rings. The molecule has 0 heterocycles. The Morgan fingerprint density at radius 1 is 1.21 bits per heavy atom. The Kier molecular flexibility index (Phi) is 11.7. The highest BCUT2D eigenvalue weighted by Gasteiger charge is 2.42. The Bertz CT molecular complexity index is 577. The fourth-order valence-electron chi connectivity index (χ4n) is 3.73. The molecule has 0 spiro atoms. The number of carbonyl (C=O) groups is 3. The maximum absolute atomic E-state index is 13.9. The predicted molar refractivity (Wildman–Crippen MR) is 112 cm³/mol. The van der Waals surface area contributed by atoms with Gasteiger partial charge >= 0.3 is 11.9 Å². The molecule has 0 aromatic heterocycles. The molecule has 0 radical (unpaired) electrons. The molecule has 1 aliphatic rings. The number of alkyl halides is 2. The molecule has 0 amide bonds. The van der Waals surface area contributed by atoms with Gasteiger partial charge in [-0.25, -0.2) is 0 Å². The monoisotopic (exact) mass is 432 g/mol. The Hall–Kier alpha value is -1.24. The molecule has 0 bridgehead atoms. The van der Waals surface area contributed by atoms with Crippen LogP contribution in [0.1, 0.15) is 77.6 Å². The molecule has 0 N–H and O–H groups in total. The summed E-state index contributed by atoms with van der Waals surface area (Å²) in [5, 5.41) is -0.182. The highest BCUT2D eigenvalue weighted by molar-refractivity contribution is 7.81. The minimum absolute atomic E-state index is 0.0931. The Morgan fingerprint density at radius 2 is 1.93 bits per heavy atom. The number of thiol groups is 1. The lowest BCUT2D eigenvalue weighted by Gasteiger charge is -2.21. The van der Waals surface area contributed by atoms with Crippen LogP contribution in [0.2, 0.25) is 0 Å². The van der Waals surface area contributed by atoms with Gasteiger partial charge < -0.3 is 4.74 Å². The number of unbranched alkanes of at least 4 members (excludes halogenated alkanes) is 3. The highest BCUT2D eigenvalue weighted by Crippen LogP contribution is 2.39. The zero-order chi connectivity index (χ0) is 21.9. The van der Waals surface area contributed by atoms with Crippen molar-refractivity contribution in [1.29, 1.82) is 0 Å². The molecule has 0 aliphatic heterocycles. The lowest BCUT2D eigenvalue weighted by molar-refractivity contribution is -0.144. The van der Waals surface area contributed by atoms with Crippen molar-refractivity contribution in [2.75, 3.05) is 7.11 Å². The summed E-state index contributed by atoms with van der Waals surface area (Å²) in [7, 11) is 1.37. The molecule has 1 saturated carbocycles. The first-order valence-corrected chi connectivity index (χ1v) is 11.1. The number of methoxy groups -OCH3 is 1. The van der Waals surface area contributed by atoms with Crippen molar-refractivity contribution in [3.8, 4) is 0 Å². The molecule has 4 nitrogen and oxygen atoms in total. The van der Waals surface area contributed by atoms with Crippen LogP contribution in [-0.4, -0.2) is 35.8 Å². The summed E-state index contributed by atoms with van der Waals surface area (Å²) in [6.07, 6.45) is 8.19. The van der Waals surface area contributed by atoms with Crippen molar-refractivity contribution in [3.05, 3.63) is 12.2 Å². The zero-order valence-corrected chi connectivity index (χ0v) is 18.4. The number of ether oxygens (including phenoxy) is 1. The third-order valence-electron chi connectivity index (χ3n) is 5.58. The van der Waals surface area contributed by atoms with E-state index in [4.69, 9.17) is 0 Å². The lowest BCUT2D eigenvalue weighted by atomic mass is 9.86. The van der Waals surface area contributed by atoms with Gasteiger partial charge in [-0.15, -0.1) is 0 Å². The minimum atomic E-state index is -3.27. The molecule has 0 saturated heterocycles. The van der Waals surface area contributed by atoms with Gasteiger partial charge in [0.2, 0.25) is 5.78 Å². The van der Waals surface area contributed by atoms with E-state index in [2.05, 4.69) is 17.4 Å². The summed E-state index contributed by atoms with van der Waals surface area (Å²) >= 11 is 4.47. The fraction of sp³-hybridized carbons (Fsp3) is 0.773. The van der Waals surface area contributed by atoms with Gasteiger partial charge in [-0.1, -0.05) is 25.5 Å². The number of allylic oxidation sites excluding steroid dienone is 2. The molecule has 1 aliphatic carbocycles. The van der Waals surface area contributed by atoms with E-state index in [-0.39, 0.29) is 41.7 Å². The average Bonchev–Trinajstić information content (AvgIpc) is 2.95. The van der Waals surface area contributed by atoms with Gasteiger partial charge in [0.25, 0.3) is 0 Å². The molecular weight excluding hydrogens is 398 g/mol. The van der Waals surface area contributed by atoms with E-state index >= 15 is 0 Å². The van der Waals surface area contributed by atoms with Crippen LogP contribution in [-0.2, 0) is 19.1 Å². The van der Waals surface area contributed by atoms with E-state index in [9.17, 15) is 23.2 Å². The number of hydrogen-bond donors (Lipinski definition) is 1. The molecule has 0 aromatic carbocycles. The van der Waals surface area contributed by atoms with Gasteiger partial charge in [-0.05, 0) is 44.4 Å². The van der Waals surface area contributed by atoms with Crippen molar-refractivity contribution in [2.45, 2.75) is 88.7 Å². The second-order valence-electron chi connectivity index (χ2n) is 7.81. The third kappa shape index (κ3) is 8.97. The number of carbonyl (C=O) groups excluding carboxylic acids is 3. The van der Waals surface area contributed by atoms with Crippen molar-refractivity contribution in [3.63, 3.8) is 0 Å². The molecule has 3 atom stereocenters. The SMILES string of the molecule is CCCCC(F)(F)C(=O)CCC1C(S)CC(=O)[C@@H]1C/C=C\CCCCC(=O)OC. The van der Waals surface area contributed by atoms with E-state index in [0.717, 1.165) is 19.3 Å². The summed E-state index contributed by atoms with van der Waals surface area (Å²) in [6, 6.07) is 0. The topological polar surface area (TPSA) is 60.4 Å². The van der Waals surface area contributed by atoms with Crippen LogP contribution in [0.15, 0.2) is 12.2 Å². The maximum Gasteiger partial charge on any atom is 0.305 e. The van der Waals surface area contributed by atoms with Crippen LogP contribution in [0.5, 0.6) is 0 Å². The second-order valence-corrected chi connectivity index (χ2v) is 8.47. The normalized spacial score (nSPS) is 22.4. The van der Waals surface area contributed by atoms with Crippen LogP contribution in [0, 0.1) is 11.8 Å². The molecule has 166 valence electrons. The standard InChI is InChI=1S/C22H34F2O4S/c1-3-4-14-22(23,24)20(26)13-12-17-16(18(25)15-19(17)29)10-8-6-5-7-9-11-21(27)28-2/h6,8,16-17,19,29H,3-5,7,9-15H2,1-2H3/b8-6-/t16-,17?,19?/m1/s1. The molecule has 2 unspecified atom stereocenters. The summed E-state index contributed by atoms with van der Waals surface area (Å²) < 4.78 is 32.4. The van der Waals surface area contributed by atoms with Gasteiger partial charge in [-0.2, -0.15) is 21.4 Å². The van der Waals surface area contributed by atoms with Gasteiger partial charge in [0.1, 0.15) is 5.78 Å². The molecule has 29 heavy (non-hydrogen) atoms. The molecule has 0 aromatic rings. The first-order chi connectivity index (χ1) is 13.7. The van der Waals surface area contributed by atoms with E-state index in [1.165, 1.54) is 7.11 Å². The van der Waals surface area contributed by atoms with Crippen LogP contribution < -0.4 is 0 Å². The number of hydrogen-bond acceptors (Lipinski definition) is 5. The first-order valence-electron chi connectivity index (χ1n) is 10.6. The van der Waals surface area contributed by atoms with E-state index in [1.807, 2.05) is 19.1 Å². The van der Waals surface area contributed by atoms with Crippen LogP contribution in [0.3, 0.4) is 0 Å². The molecule has 7 heteroatoms. The Morgan fingerprint density at radius 3 is 2.59 bits per heavy atom. The highest BCUT2D eigenvalue weighted by atomic mass is 32.1. The van der Waals surface area contributed by atoms with Gasteiger partial charge in [0.15, 0.2) is 0 Å². The third-order valence-corrected chi connectivity index (χ3v) is 6.14. The number of rotatable bonds is 14. The zero-order valence-electron chi connectivity index (χ0n) is 17.5. The predicted octanol–water partition coefficient (Wildman–Crippen LogP) is 5.34. The summed E-state index contributed by atoms with van der Waals surface area (Å²) in [5.74, 6) is -4.84. The van der Waals surface area contributed by atoms with Crippen LogP contribution in [0.25, 0.3) is 0 Å². The van der Waals surface area contributed by atoms with Crippen molar-refractivity contribution < 1.29 is 27.9 Å². The van der Waals surface area contributed by atoms with Crippen molar-refractivity contribution in [1.82, 2.24) is 0 Å². The second kappa shape index (κ2) is 13.1. The maximum atomic E-state index is 13.9. The van der Waals surface area contributed by atoms with E-state index < -0.39 is 18.1 Å². The smallest absolute Gasteiger partial charge is 0.305 e. The number of Topliss-reactive ketones (excluding diaryl/α,β-unsaturated/α-hetero) is 2. The Balaban J connectivity index is 2.46. The largest absolute Gasteiger partial charge is 0.469 e. The average molecular weight is 433 g/mol. The van der Waals surface area contributed by atoms with Gasteiger partial charge in [0, 0.05) is 36.9 Å². The van der Waals surface area contributed by atoms with E-state index in [0.29, 0.717) is 32.1 Å². The van der Waals surface area contributed by atoms with E-state index in [1.54, 1.807) is 0 Å². The summed E-state index contributed by atoms with van der Waals surface area (Å²) in [6.45, 7) is 1.81. The molecule has 1 rings (SSSR count). The van der Waals surface area contributed by atoms with Gasteiger partial charge in [-0.3, -0.25) is 14.4 Å². The number of halogens is 2. The quantitative estimate of drug-likeness (QED) is 0.174. The number of esters is 1. The van der Waals surface area contributed by atoms with Crippen molar-refractivity contribution in [2.24, 2.45) is 11.8 Å². The lowest BCUT2D eigenvalue weighted by Crippen LogP contribution is -2.30. The minimum Gasteiger partial charge on any atom is -0.469 e. The first kappa shape index (κ1) is 25.8. The fourth-order valence-corrected chi connectivity index (χ4v) is 4.27. The number of ketones is 2. The molecular formula is C22H34F2O4S. The Labute approximate surface area is 178 Å². The van der Waals surface area contributed by atoms with Crippen LogP contribution in [0.4, 0.5) is 8.78 Å². The van der Waals surface area contributed by atoms with Crippen LogP contribution >= 0.6 is 12.6 Å². The van der Waals surface area contributed by atoms with Crippen molar-refractivity contribution >= 4 is 30.2 Å². The summed E-state index contributed by atoms with van der Waals surface area (Å²) in [4.78, 5) is 35.3.